The molecule has 2 heterocycles. The van der Waals surface area contributed by atoms with Crippen LogP contribution in [0.3, 0.4) is 0 Å². The zero-order valence-corrected chi connectivity index (χ0v) is 11.2. The molecule has 0 atom stereocenters. The molecule has 2 aliphatic rings. The van der Waals surface area contributed by atoms with Crippen LogP contribution in [0, 0.1) is 5.92 Å². The Hall–Kier alpha value is -0.940. The van der Waals surface area contributed by atoms with E-state index in [-0.39, 0.29) is 0 Å². The quantitative estimate of drug-likeness (QED) is 0.837. The van der Waals surface area contributed by atoms with Gasteiger partial charge in [-0.1, -0.05) is 5.21 Å². The fourth-order valence-electron chi connectivity index (χ4n) is 2.65. The van der Waals surface area contributed by atoms with E-state index in [2.05, 4.69) is 20.5 Å². The van der Waals surface area contributed by atoms with Crippen LogP contribution in [-0.2, 0) is 13.6 Å². The van der Waals surface area contributed by atoms with Crippen LogP contribution in [0.5, 0.6) is 0 Å². The Morgan fingerprint density at radius 1 is 1.28 bits per heavy atom. The average Bonchev–Trinajstić information content (AvgIpc) is 3.12. The fraction of sp³-hybridized carbons (Fsp3) is 0.846. The van der Waals surface area contributed by atoms with Crippen LogP contribution in [0.25, 0.3) is 0 Å². The summed E-state index contributed by atoms with van der Waals surface area (Å²) in [6, 6.07) is 0.740. The van der Waals surface area contributed by atoms with Crippen molar-refractivity contribution in [1.82, 2.24) is 25.2 Å². The van der Waals surface area contributed by atoms with E-state index in [4.69, 9.17) is 0 Å². The maximum atomic E-state index is 4.15. The zero-order chi connectivity index (χ0) is 12.4. The molecule has 3 rings (SSSR count). The largest absolute Gasteiger partial charge is 0.314 e. The van der Waals surface area contributed by atoms with Crippen LogP contribution in [0.2, 0.25) is 0 Å². The van der Waals surface area contributed by atoms with Gasteiger partial charge in [0.1, 0.15) is 0 Å². The minimum atomic E-state index is 0.740. The number of hydrogen-bond acceptors (Lipinski definition) is 4. The third-order valence-electron chi connectivity index (χ3n) is 4.02. The summed E-state index contributed by atoms with van der Waals surface area (Å²) in [5.74, 6) is 0.989. The number of rotatable bonds is 5. The Morgan fingerprint density at radius 3 is 2.67 bits per heavy atom. The molecule has 0 bridgehead atoms. The van der Waals surface area contributed by atoms with E-state index in [1.807, 2.05) is 13.2 Å². The molecule has 18 heavy (non-hydrogen) atoms. The van der Waals surface area contributed by atoms with Gasteiger partial charge in [-0.15, -0.1) is 5.10 Å². The van der Waals surface area contributed by atoms with E-state index in [1.54, 1.807) is 4.68 Å². The molecule has 1 aromatic heterocycles. The van der Waals surface area contributed by atoms with E-state index in [9.17, 15) is 0 Å². The molecule has 5 heteroatoms. The van der Waals surface area contributed by atoms with Crippen LogP contribution in [-0.4, -0.2) is 45.6 Å². The molecular formula is C13H23N5. The first kappa shape index (κ1) is 12.1. The van der Waals surface area contributed by atoms with Gasteiger partial charge in [-0.3, -0.25) is 9.58 Å². The van der Waals surface area contributed by atoms with Crippen molar-refractivity contribution < 1.29 is 0 Å². The fourth-order valence-corrected chi connectivity index (χ4v) is 2.65. The summed E-state index contributed by atoms with van der Waals surface area (Å²) >= 11 is 0. The Morgan fingerprint density at radius 2 is 2.06 bits per heavy atom. The second-order valence-corrected chi connectivity index (χ2v) is 5.79. The summed E-state index contributed by atoms with van der Waals surface area (Å²) in [5.41, 5.74) is 1.09. The summed E-state index contributed by atoms with van der Waals surface area (Å²) in [4.78, 5) is 2.49. The van der Waals surface area contributed by atoms with Crippen LogP contribution in [0.4, 0.5) is 0 Å². The third-order valence-corrected chi connectivity index (χ3v) is 4.02. The maximum absolute atomic E-state index is 4.15. The van der Waals surface area contributed by atoms with Crippen LogP contribution < -0.4 is 5.32 Å². The molecule has 0 amide bonds. The molecule has 1 saturated carbocycles. The van der Waals surface area contributed by atoms with Gasteiger partial charge in [0.15, 0.2) is 0 Å². The van der Waals surface area contributed by atoms with Gasteiger partial charge in [0.05, 0.1) is 5.69 Å². The minimum Gasteiger partial charge on any atom is -0.314 e. The highest BCUT2D eigenvalue weighted by Crippen LogP contribution is 2.28. The van der Waals surface area contributed by atoms with E-state index in [1.165, 1.54) is 45.3 Å². The first-order chi connectivity index (χ1) is 8.79. The topological polar surface area (TPSA) is 46.0 Å². The molecule has 0 radical (unpaired) electrons. The predicted octanol–water partition coefficient (Wildman–Crippen LogP) is 0.779. The number of aromatic nitrogens is 3. The summed E-state index contributed by atoms with van der Waals surface area (Å²) in [5, 5.41) is 11.8. The molecule has 1 saturated heterocycles. The highest BCUT2D eigenvalue weighted by Gasteiger charge is 2.24. The normalized spacial score (nSPS) is 22.5. The maximum Gasteiger partial charge on any atom is 0.0966 e. The Bertz CT molecular complexity index is 376. The van der Waals surface area contributed by atoms with Crippen molar-refractivity contribution in [3.05, 3.63) is 11.9 Å². The molecule has 0 spiro atoms. The van der Waals surface area contributed by atoms with E-state index >= 15 is 0 Å². The van der Waals surface area contributed by atoms with Crippen molar-refractivity contribution in [2.75, 3.05) is 19.6 Å². The van der Waals surface area contributed by atoms with Gasteiger partial charge in [0.2, 0.25) is 0 Å². The Balaban J connectivity index is 1.39. The van der Waals surface area contributed by atoms with Gasteiger partial charge in [0.25, 0.3) is 0 Å². The van der Waals surface area contributed by atoms with E-state index < -0.39 is 0 Å². The van der Waals surface area contributed by atoms with Crippen molar-refractivity contribution in [2.45, 2.75) is 38.3 Å². The summed E-state index contributed by atoms with van der Waals surface area (Å²) < 4.78 is 1.78. The van der Waals surface area contributed by atoms with Gasteiger partial charge >= 0.3 is 0 Å². The highest BCUT2D eigenvalue weighted by atomic mass is 15.4. The lowest BCUT2D eigenvalue weighted by atomic mass is 10.0. The number of hydrogen-bond donors (Lipinski definition) is 1. The van der Waals surface area contributed by atoms with Gasteiger partial charge in [-0.05, 0) is 38.1 Å². The lowest BCUT2D eigenvalue weighted by molar-refractivity contribution is 0.188. The van der Waals surface area contributed by atoms with Gasteiger partial charge < -0.3 is 5.32 Å². The number of nitrogens with one attached hydrogen (secondary N) is 1. The summed E-state index contributed by atoms with van der Waals surface area (Å²) in [7, 11) is 1.92. The van der Waals surface area contributed by atoms with Gasteiger partial charge in [-0.25, -0.2) is 0 Å². The molecule has 100 valence electrons. The standard InChI is InChI=1S/C13H23N5/c1-17-9-13(15-16-17)10-18-6-4-12(5-7-18)14-8-11-2-3-11/h9,11-12,14H,2-8,10H2,1H3. The van der Waals surface area contributed by atoms with Crippen molar-refractivity contribution in [1.29, 1.82) is 0 Å². The first-order valence-electron chi connectivity index (χ1n) is 7.10. The van der Waals surface area contributed by atoms with Crippen molar-refractivity contribution >= 4 is 0 Å². The Kier molecular flexibility index (Phi) is 3.61. The molecule has 0 unspecified atom stereocenters. The Labute approximate surface area is 109 Å². The number of piperidine rings is 1. The zero-order valence-electron chi connectivity index (χ0n) is 11.2. The first-order valence-corrected chi connectivity index (χ1v) is 7.10. The van der Waals surface area contributed by atoms with Gasteiger partial charge in [-0.2, -0.15) is 0 Å². The van der Waals surface area contributed by atoms with Crippen molar-refractivity contribution in [3.8, 4) is 0 Å². The highest BCUT2D eigenvalue weighted by molar-refractivity contribution is 4.93. The second-order valence-electron chi connectivity index (χ2n) is 5.79. The number of nitrogens with zero attached hydrogens (tertiary/aromatic N) is 4. The molecule has 5 nitrogen and oxygen atoms in total. The molecule has 1 N–H and O–H groups in total. The third kappa shape index (κ3) is 3.29. The van der Waals surface area contributed by atoms with Crippen LogP contribution >= 0.6 is 0 Å². The average molecular weight is 249 g/mol. The summed E-state index contributed by atoms with van der Waals surface area (Å²) in [6.45, 7) is 4.55. The molecule has 2 fully saturated rings. The molecule has 0 aromatic carbocycles. The minimum absolute atomic E-state index is 0.740. The molecule has 1 aromatic rings. The second kappa shape index (κ2) is 5.36. The van der Waals surface area contributed by atoms with Crippen LogP contribution in [0.15, 0.2) is 6.20 Å². The number of aryl methyl sites for hydroxylation is 1. The van der Waals surface area contributed by atoms with Crippen molar-refractivity contribution in [2.24, 2.45) is 13.0 Å². The smallest absolute Gasteiger partial charge is 0.0966 e. The SMILES string of the molecule is Cn1cc(CN2CCC(NCC3CC3)CC2)nn1. The van der Waals surface area contributed by atoms with Crippen molar-refractivity contribution in [3.63, 3.8) is 0 Å². The predicted molar refractivity (Wildman–Crippen MR) is 70.0 cm³/mol. The lowest BCUT2D eigenvalue weighted by Crippen LogP contribution is -2.42. The monoisotopic (exact) mass is 249 g/mol. The lowest BCUT2D eigenvalue weighted by Gasteiger charge is -2.31. The van der Waals surface area contributed by atoms with E-state index in [0.717, 1.165) is 24.2 Å². The number of likely N-dealkylation sites (tertiary alicyclic amines) is 1. The molecule has 1 aliphatic heterocycles. The van der Waals surface area contributed by atoms with Crippen LogP contribution in [0.1, 0.15) is 31.4 Å². The molecular weight excluding hydrogens is 226 g/mol. The van der Waals surface area contributed by atoms with E-state index in [0.29, 0.717) is 0 Å². The van der Waals surface area contributed by atoms with Gasteiger partial charge in [0, 0.05) is 38.9 Å². The molecule has 1 aliphatic carbocycles. The summed E-state index contributed by atoms with van der Waals surface area (Å²) in [6.07, 6.45) is 7.44.